The van der Waals surface area contributed by atoms with Crippen molar-refractivity contribution in [3.8, 4) is 5.75 Å². The average molecular weight is 316 g/mol. The number of hydrazone groups is 1. The summed E-state index contributed by atoms with van der Waals surface area (Å²) in [6.07, 6.45) is 0.784. The van der Waals surface area contributed by atoms with E-state index in [4.69, 9.17) is 22.1 Å². The molecule has 1 aliphatic heterocycles. The van der Waals surface area contributed by atoms with Crippen molar-refractivity contribution in [3.63, 3.8) is 0 Å². The number of halogens is 1. The monoisotopic (exact) mass is 315 g/mol. The maximum absolute atomic E-state index is 6.37. The summed E-state index contributed by atoms with van der Waals surface area (Å²) in [5.41, 5.74) is 8.82. The van der Waals surface area contributed by atoms with Crippen LogP contribution >= 0.6 is 11.6 Å². The van der Waals surface area contributed by atoms with Gasteiger partial charge < -0.3 is 10.5 Å². The fraction of sp³-hybridized carbons (Fsp3) is 0.235. The Morgan fingerprint density at radius 2 is 1.95 bits per heavy atom. The summed E-state index contributed by atoms with van der Waals surface area (Å²) in [5, 5.41) is 7.40. The lowest BCUT2D eigenvalue weighted by atomic mass is 10.0. The van der Waals surface area contributed by atoms with E-state index >= 15 is 0 Å². The van der Waals surface area contributed by atoms with Gasteiger partial charge in [-0.3, -0.25) is 5.01 Å². The highest BCUT2D eigenvalue weighted by Crippen LogP contribution is 2.38. The Kier molecular flexibility index (Phi) is 4.32. The molecule has 0 amide bonds. The summed E-state index contributed by atoms with van der Waals surface area (Å²) >= 11 is 6.37. The molecule has 0 saturated carbocycles. The van der Waals surface area contributed by atoms with E-state index in [2.05, 4.69) is 5.10 Å². The normalized spacial score (nSPS) is 17.5. The second-order valence-corrected chi connectivity index (χ2v) is 5.56. The van der Waals surface area contributed by atoms with Crippen LogP contribution in [0.3, 0.4) is 0 Å². The highest BCUT2D eigenvalue weighted by Gasteiger charge is 2.29. The van der Waals surface area contributed by atoms with Crippen LogP contribution in [0.1, 0.15) is 18.0 Å². The molecule has 1 aliphatic rings. The highest BCUT2D eigenvalue weighted by molar-refractivity contribution is 6.31. The van der Waals surface area contributed by atoms with Crippen molar-refractivity contribution in [1.82, 2.24) is 0 Å². The van der Waals surface area contributed by atoms with E-state index in [1.54, 1.807) is 7.11 Å². The maximum atomic E-state index is 6.37. The number of rotatable bonds is 4. The molecular formula is C17H18ClN3O. The number of nitrogens with two attached hydrogens (primary N) is 1. The highest BCUT2D eigenvalue weighted by atomic mass is 35.5. The average Bonchev–Trinajstić information content (AvgIpc) is 2.99. The van der Waals surface area contributed by atoms with Crippen LogP contribution in [-0.4, -0.2) is 19.4 Å². The van der Waals surface area contributed by atoms with Crippen LogP contribution in [0.15, 0.2) is 53.6 Å². The van der Waals surface area contributed by atoms with Crippen molar-refractivity contribution in [3.05, 3.63) is 59.1 Å². The molecule has 1 unspecified atom stereocenters. The minimum atomic E-state index is 0.0700. The van der Waals surface area contributed by atoms with Crippen LogP contribution in [0.4, 0.5) is 5.69 Å². The molecule has 0 bridgehead atoms. The molecular weight excluding hydrogens is 298 g/mol. The van der Waals surface area contributed by atoms with Gasteiger partial charge in [-0.2, -0.15) is 5.10 Å². The number of anilines is 1. The van der Waals surface area contributed by atoms with Crippen LogP contribution in [0.2, 0.25) is 5.02 Å². The molecule has 0 radical (unpaired) electrons. The van der Waals surface area contributed by atoms with Crippen LogP contribution in [0, 0.1) is 0 Å². The van der Waals surface area contributed by atoms with E-state index in [1.807, 2.05) is 53.5 Å². The zero-order valence-electron chi connectivity index (χ0n) is 12.4. The first-order valence-corrected chi connectivity index (χ1v) is 7.55. The van der Waals surface area contributed by atoms with Gasteiger partial charge in [0.15, 0.2) is 0 Å². The Balaban J connectivity index is 1.97. The van der Waals surface area contributed by atoms with Gasteiger partial charge in [-0.25, -0.2) is 0 Å². The minimum Gasteiger partial charge on any atom is -0.497 e. The molecule has 0 fully saturated rings. The van der Waals surface area contributed by atoms with Gasteiger partial charge in [-0.05, 0) is 35.9 Å². The molecule has 0 saturated heterocycles. The summed E-state index contributed by atoms with van der Waals surface area (Å²) in [6.45, 7) is 0.452. The number of ether oxygens (including phenoxy) is 1. The molecule has 114 valence electrons. The fourth-order valence-electron chi connectivity index (χ4n) is 2.66. The SMILES string of the molecule is COc1ccc(N2N=C(CN)CC2c2ccccc2Cl)cc1. The third-order valence-corrected chi connectivity index (χ3v) is 4.15. The molecule has 0 aromatic heterocycles. The summed E-state index contributed by atoms with van der Waals surface area (Å²) in [7, 11) is 1.65. The van der Waals surface area contributed by atoms with Crippen molar-refractivity contribution >= 4 is 23.0 Å². The zero-order valence-corrected chi connectivity index (χ0v) is 13.1. The summed E-state index contributed by atoms with van der Waals surface area (Å²) < 4.78 is 5.21. The van der Waals surface area contributed by atoms with Crippen molar-refractivity contribution in [2.45, 2.75) is 12.5 Å². The predicted molar refractivity (Wildman–Crippen MR) is 90.8 cm³/mol. The molecule has 22 heavy (non-hydrogen) atoms. The third kappa shape index (κ3) is 2.80. The van der Waals surface area contributed by atoms with Gasteiger partial charge in [0.1, 0.15) is 5.75 Å². The van der Waals surface area contributed by atoms with E-state index in [0.717, 1.165) is 34.2 Å². The number of benzene rings is 2. The van der Waals surface area contributed by atoms with E-state index in [1.165, 1.54) is 0 Å². The number of nitrogens with zero attached hydrogens (tertiary/aromatic N) is 2. The van der Waals surface area contributed by atoms with Crippen molar-refractivity contribution in [2.75, 3.05) is 18.7 Å². The molecule has 2 aromatic rings. The van der Waals surface area contributed by atoms with Crippen LogP contribution < -0.4 is 15.5 Å². The molecule has 4 nitrogen and oxygen atoms in total. The standard InChI is InChI=1S/C17H18ClN3O/c1-22-14-8-6-13(7-9-14)21-17(10-12(11-19)20-21)15-4-2-3-5-16(15)18/h2-9,17H,10-11,19H2,1H3. The van der Waals surface area contributed by atoms with Gasteiger partial charge in [0.05, 0.1) is 24.6 Å². The lowest BCUT2D eigenvalue weighted by Gasteiger charge is -2.25. The lowest BCUT2D eigenvalue weighted by Crippen LogP contribution is -2.19. The maximum Gasteiger partial charge on any atom is 0.119 e. The van der Waals surface area contributed by atoms with Gasteiger partial charge in [-0.15, -0.1) is 0 Å². The van der Waals surface area contributed by atoms with Gasteiger partial charge in [0.2, 0.25) is 0 Å². The summed E-state index contributed by atoms with van der Waals surface area (Å²) in [5.74, 6) is 0.820. The molecule has 2 aromatic carbocycles. The first-order chi connectivity index (χ1) is 10.7. The Morgan fingerprint density at radius 3 is 2.59 bits per heavy atom. The molecule has 0 aliphatic carbocycles. The van der Waals surface area contributed by atoms with E-state index in [0.29, 0.717) is 6.54 Å². The van der Waals surface area contributed by atoms with Gasteiger partial charge in [0.25, 0.3) is 0 Å². The van der Waals surface area contributed by atoms with Crippen LogP contribution in [0.5, 0.6) is 5.75 Å². The smallest absolute Gasteiger partial charge is 0.119 e. The molecule has 1 heterocycles. The number of hydrogen-bond acceptors (Lipinski definition) is 4. The number of hydrogen-bond donors (Lipinski definition) is 1. The lowest BCUT2D eigenvalue weighted by molar-refractivity contribution is 0.415. The summed E-state index contributed by atoms with van der Waals surface area (Å²) in [4.78, 5) is 0. The second kappa shape index (κ2) is 6.38. The van der Waals surface area contributed by atoms with Crippen molar-refractivity contribution in [2.24, 2.45) is 10.8 Å². The molecule has 3 rings (SSSR count). The van der Waals surface area contributed by atoms with Crippen molar-refractivity contribution in [1.29, 1.82) is 0 Å². The fourth-order valence-corrected chi connectivity index (χ4v) is 2.92. The molecule has 1 atom stereocenters. The predicted octanol–water partition coefficient (Wildman–Crippen LogP) is 3.61. The first-order valence-electron chi connectivity index (χ1n) is 7.17. The first kappa shape index (κ1) is 14.9. The third-order valence-electron chi connectivity index (χ3n) is 3.81. The van der Waals surface area contributed by atoms with E-state index in [9.17, 15) is 0 Å². The van der Waals surface area contributed by atoms with Gasteiger partial charge in [-0.1, -0.05) is 29.8 Å². The summed E-state index contributed by atoms with van der Waals surface area (Å²) in [6, 6.07) is 15.8. The largest absolute Gasteiger partial charge is 0.497 e. The Bertz CT molecular complexity index is 685. The van der Waals surface area contributed by atoms with Crippen LogP contribution in [0.25, 0.3) is 0 Å². The zero-order chi connectivity index (χ0) is 15.5. The molecule has 2 N–H and O–H groups in total. The molecule has 0 spiro atoms. The molecule has 5 heteroatoms. The Morgan fingerprint density at radius 1 is 1.23 bits per heavy atom. The topological polar surface area (TPSA) is 50.8 Å². The van der Waals surface area contributed by atoms with Crippen LogP contribution in [-0.2, 0) is 0 Å². The Hall–Kier alpha value is -2.04. The van der Waals surface area contributed by atoms with E-state index in [-0.39, 0.29) is 6.04 Å². The van der Waals surface area contributed by atoms with Gasteiger partial charge >= 0.3 is 0 Å². The quantitative estimate of drug-likeness (QED) is 0.937. The Labute approximate surface area is 135 Å². The number of methoxy groups -OCH3 is 1. The minimum absolute atomic E-state index is 0.0700. The van der Waals surface area contributed by atoms with Gasteiger partial charge in [0, 0.05) is 18.0 Å². The van der Waals surface area contributed by atoms with E-state index < -0.39 is 0 Å². The second-order valence-electron chi connectivity index (χ2n) is 5.15. The van der Waals surface area contributed by atoms with Crippen molar-refractivity contribution < 1.29 is 4.74 Å².